The van der Waals surface area contributed by atoms with Crippen molar-refractivity contribution in [2.45, 2.75) is 31.3 Å². The number of rotatable bonds is 1. The molecule has 2 atom stereocenters. The quantitative estimate of drug-likeness (QED) is 0.385. The molecule has 0 saturated carbocycles. The predicted octanol–water partition coefficient (Wildman–Crippen LogP) is -4.02. The minimum atomic E-state index is -0.887. The van der Waals surface area contributed by atoms with Gasteiger partial charge in [-0.05, 0) is 19.3 Å². The number of carbonyl (C=O) groups excluding carboxylic acids is 1. The summed E-state index contributed by atoms with van der Waals surface area (Å²) >= 11 is 0. The van der Waals surface area contributed by atoms with Crippen molar-refractivity contribution < 1.29 is 61.3 Å². The maximum atomic E-state index is 10.4. The summed E-state index contributed by atoms with van der Waals surface area (Å²) in [6.07, 6.45) is 3.04. The van der Waals surface area contributed by atoms with E-state index in [9.17, 15) is 9.90 Å². The molecule has 0 spiro atoms. The molecule has 0 bridgehead atoms. The van der Waals surface area contributed by atoms with Gasteiger partial charge in [-0.2, -0.15) is 0 Å². The molecule has 56 valence electrons. The van der Waals surface area contributed by atoms with Crippen LogP contribution in [0.1, 0.15) is 19.3 Å². The molecule has 0 aromatic heterocycles. The Kier molecular flexibility index (Phi) is 3.55. The van der Waals surface area contributed by atoms with Crippen LogP contribution in [0.2, 0.25) is 0 Å². The molecule has 2 saturated heterocycles. The summed E-state index contributed by atoms with van der Waals surface area (Å²) in [5, 5.41) is 10.4. The Morgan fingerprint density at radius 1 is 1.36 bits per heavy atom. The fourth-order valence-corrected chi connectivity index (χ4v) is 1.95. The smallest absolute Gasteiger partial charge is 0.548 e. The van der Waals surface area contributed by atoms with Crippen molar-refractivity contribution in [1.82, 2.24) is 4.90 Å². The zero-order valence-electron chi connectivity index (χ0n) is 6.75. The minimum absolute atomic E-state index is 0. The number of aliphatic carboxylic acids is 1. The molecule has 2 aliphatic rings. The zero-order valence-corrected chi connectivity index (χ0v) is 9.87. The summed E-state index contributed by atoms with van der Waals surface area (Å²) in [4.78, 5) is 12.5. The first-order chi connectivity index (χ1) is 4.79. The number of hydrogen-bond acceptors (Lipinski definition) is 3. The fourth-order valence-electron chi connectivity index (χ4n) is 1.95. The molecule has 0 aromatic carbocycles. The molecule has 4 heteroatoms. The van der Waals surface area contributed by atoms with E-state index in [1.807, 2.05) is 4.90 Å². The minimum Gasteiger partial charge on any atom is -0.548 e. The fraction of sp³-hybridized carbons (Fsp3) is 0.857. The van der Waals surface area contributed by atoms with Gasteiger partial charge in [0.2, 0.25) is 0 Å². The molecule has 2 fully saturated rings. The van der Waals surface area contributed by atoms with Gasteiger partial charge in [0, 0.05) is 18.6 Å². The normalized spacial score (nSPS) is 35.3. The van der Waals surface area contributed by atoms with Crippen LogP contribution in [0.3, 0.4) is 0 Å². The average molecular weight is 179 g/mol. The van der Waals surface area contributed by atoms with Gasteiger partial charge in [-0.25, -0.2) is 0 Å². The number of fused-ring (bicyclic) bond motifs is 1. The molecular weight excluding hydrogens is 169 g/mol. The Bertz CT molecular complexity index is 174. The van der Waals surface area contributed by atoms with Crippen molar-refractivity contribution in [3.63, 3.8) is 0 Å². The van der Waals surface area contributed by atoms with Crippen LogP contribution in [-0.2, 0) is 4.79 Å². The van der Waals surface area contributed by atoms with Gasteiger partial charge in [-0.3, -0.25) is 4.90 Å². The van der Waals surface area contributed by atoms with Crippen LogP contribution < -0.4 is 56.5 Å². The van der Waals surface area contributed by atoms with E-state index < -0.39 is 5.97 Å². The monoisotopic (exact) mass is 179 g/mol. The summed E-state index contributed by atoms with van der Waals surface area (Å²) in [5.41, 5.74) is 0. The third kappa shape index (κ3) is 1.71. The Balaban J connectivity index is 0.000000605. The Labute approximate surface area is 109 Å². The van der Waals surface area contributed by atoms with Crippen LogP contribution >= 0.6 is 0 Å². The summed E-state index contributed by atoms with van der Waals surface area (Å²) in [5.74, 6) is -0.887. The van der Waals surface area contributed by atoms with E-state index in [1.165, 1.54) is 6.42 Å². The molecule has 2 aliphatic heterocycles. The summed E-state index contributed by atoms with van der Waals surface area (Å²) in [7, 11) is 0. The second-order valence-electron chi connectivity index (χ2n) is 3.09. The Hall–Kier alpha value is 1.07. The van der Waals surface area contributed by atoms with Crippen LogP contribution in [0.25, 0.3) is 0 Å². The number of carbonyl (C=O) groups is 1. The van der Waals surface area contributed by atoms with Gasteiger partial charge in [-0.15, -0.1) is 0 Å². The van der Waals surface area contributed by atoms with Gasteiger partial charge in [0.15, 0.2) is 0 Å². The number of carboxylic acids is 1. The first kappa shape index (κ1) is 10.1. The van der Waals surface area contributed by atoms with Crippen molar-refractivity contribution in [2.24, 2.45) is 0 Å². The maximum absolute atomic E-state index is 10.4. The van der Waals surface area contributed by atoms with Crippen LogP contribution in [0.15, 0.2) is 0 Å². The second kappa shape index (κ2) is 3.85. The summed E-state index contributed by atoms with van der Waals surface area (Å²) < 4.78 is 0. The van der Waals surface area contributed by atoms with E-state index in [-0.39, 0.29) is 57.4 Å². The number of nitrogens with zero attached hydrogens (tertiary/aromatic N) is 1. The van der Waals surface area contributed by atoms with Crippen molar-refractivity contribution >= 4 is 5.97 Å². The van der Waals surface area contributed by atoms with E-state index in [0.29, 0.717) is 6.04 Å². The van der Waals surface area contributed by atoms with E-state index in [0.717, 1.165) is 19.4 Å². The number of carboxylic acid groups (broad SMARTS) is 1. The van der Waals surface area contributed by atoms with Gasteiger partial charge in [-0.1, -0.05) is 0 Å². The summed E-state index contributed by atoms with van der Waals surface area (Å²) in [6, 6.07) is 0.307. The second-order valence-corrected chi connectivity index (χ2v) is 3.09. The van der Waals surface area contributed by atoms with Crippen LogP contribution in [-0.4, -0.2) is 29.5 Å². The molecular formula is C7H10KNO2. The molecule has 2 rings (SSSR count). The largest absolute Gasteiger partial charge is 1.00 e. The van der Waals surface area contributed by atoms with Crippen LogP contribution in [0.5, 0.6) is 0 Å². The molecule has 0 aliphatic carbocycles. The first-order valence-corrected chi connectivity index (χ1v) is 3.75. The molecule has 2 unspecified atom stereocenters. The van der Waals surface area contributed by atoms with Crippen LogP contribution in [0.4, 0.5) is 0 Å². The van der Waals surface area contributed by atoms with Crippen molar-refractivity contribution in [3.05, 3.63) is 0 Å². The van der Waals surface area contributed by atoms with Crippen molar-refractivity contribution in [1.29, 1.82) is 0 Å². The molecule has 3 nitrogen and oxygen atoms in total. The zero-order chi connectivity index (χ0) is 7.14. The SMILES string of the molecule is O=C([O-])C1CCC2CCN21.[K+]. The van der Waals surface area contributed by atoms with Gasteiger partial charge in [0.1, 0.15) is 0 Å². The predicted molar refractivity (Wildman–Crippen MR) is 33.1 cm³/mol. The topological polar surface area (TPSA) is 43.4 Å². The van der Waals surface area contributed by atoms with Gasteiger partial charge in [0.05, 0.1) is 5.97 Å². The molecule has 0 amide bonds. The molecule has 11 heavy (non-hydrogen) atoms. The van der Waals surface area contributed by atoms with E-state index >= 15 is 0 Å². The van der Waals surface area contributed by atoms with Crippen molar-refractivity contribution in [3.8, 4) is 0 Å². The maximum Gasteiger partial charge on any atom is 1.00 e. The standard InChI is InChI=1S/C7H11NO2.K/c9-7(10)6-2-1-5-3-4-8(5)6;/h5-6H,1-4H2,(H,9,10);/q;+1/p-1. The third-order valence-corrected chi connectivity index (χ3v) is 2.64. The van der Waals surface area contributed by atoms with Crippen molar-refractivity contribution in [2.75, 3.05) is 6.54 Å². The molecule has 2 heterocycles. The Morgan fingerprint density at radius 2 is 2.09 bits per heavy atom. The van der Waals surface area contributed by atoms with E-state index in [1.54, 1.807) is 0 Å². The molecule has 0 aromatic rings. The van der Waals surface area contributed by atoms with E-state index in [2.05, 4.69) is 0 Å². The number of hydrogen-bond donors (Lipinski definition) is 0. The van der Waals surface area contributed by atoms with Gasteiger partial charge < -0.3 is 9.90 Å². The average Bonchev–Trinajstić information content (AvgIpc) is 2.07. The molecule has 0 N–H and O–H groups in total. The van der Waals surface area contributed by atoms with Gasteiger partial charge >= 0.3 is 51.4 Å². The van der Waals surface area contributed by atoms with E-state index in [4.69, 9.17) is 0 Å². The Morgan fingerprint density at radius 3 is 2.36 bits per heavy atom. The van der Waals surface area contributed by atoms with Crippen LogP contribution in [0, 0.1) is 0 Å². The first-order valence-electron chi connectivity index (χ1n) is 3.75. The third-order valence-electron chi connectivity index (χ3n) is 2.64. The van der Waals surface area contributed by atoms with Gasteiger partial charge in [0.25, 0.3) is 0 Å². The molecule has 0 radical (unpaired) electrons. The summed E-state index contributed by atoms with van der Waals surface area (Å²) in [6.45, 7) is 0.962.